The molecule has 0 aromatic heterocycles. The van der Waals surface area contributed by atoms with Gasteiger partial charge in [0, 0.05) is 32.8 Å². The van der Waals surface area contributed by atoms with Crippen molar-refractivity contribution < 1.29 is 60.1 Å². The summed E-state index contributed by atoms with van der Waals surface area (Å²) in [4.78, 5) is 30.7. The summed E-state index contributed by atoms with van der Waals surface area (Å²) in [5.74, 6) is -3.15. The number of phosphoric ester groups is 1. The molecule has 0 aliphatic carbocycles. The maximum absolute atomic E-state index is 11.9. The van der Waals surface area contributed by atoms with E-state index >= 15 is 0 Å². The monoisotopic (exact) mass is 518 g/mol. The first kappa shape index (κ1) is 31.4. The van der Waals surface area contributed by atoms with Crippen molar-refractivity contribution >= 4 is 25.4 Å². The molecule has 0 N–H and O–H groups in total. The number of benzene rings is 1. The van der Waals surface area contributed by atoms with E-state index in [0.717, 1.165) is 0 Å². The maximum atomic E-state index is 11.9. The predicted octanol–water partition coefficient (Wildman–Crippen LogP) is 2.07. The molecule has 0 spiro atoms. The fraction of sp³-hybridized carbons (Fsp3) is 0.556. The minimum atomic E-state index is -5.19. The maximum Gasteiger partial charge on any atom is 0.474 e. The van der Waals surface area contributed by atoms with Crippen molar-refractivity contribution in [3.8, 4) is 5.75 Å². The van der Waals surface area contributed by atoms with Gasteiger partial charge < -0.3 is 19.1 Å². The average molecular weight is 518 g/mol. The van der Waals surface area contributed by atoms with Gasteiger partial charge in [-0.3, -0.25) is 28.5 Å². The van der Waals surface area contributed by atoms with Crippen molar-refractivity contribution in [1.82, 2.24) is 0 Å². The Hall–Kier alpha value is -2.58. The molecular formula is C18H26F3N2O10P. The highest BCUT2D eigenvalue weighted by Gasteiger charge is 2.29. The molecule has 0 saturated carbocycles. The molecule has 0 atom stereocenters. The summed E-state index contributed by atoms with van der Waals surface area (Å²) in [7, 11) is 2.93. The van der Waals surface area contributed by atoms with Crippen LogP contribution in [-0.4, -0.2) is 75.5 Å². The molecule has 194 valence electrons. The average Bonchev–Trinajstić information content (AvgIpc) is 2.73. The highest BCUT2D eigenvalue weighted by atomic mass is 31.2. The smallest absolute Gasteiger partial charge is 0.474 e. The summed E-state index contributed by atoms with van der Waals surface area (Å²) < 4.78 is 63.6. The predicted molar refractivity (Wildman–Crippen MR) is 108 cm³/mol. The normalized spacial score (nSPS) is 11.9. The number of ether oxygens (including phenoxy) is 1. The van der Waals surface area contributed by atoms with Crippen LogP contribution in [0.1, 0.15) is 12.8 Å². The second-order valence-electron chi connectivity index (χ2n) is 7.14. The zero-order valence-corrected chi connectivity index (χ0v) is 19.8. The number of phosphoric acid groups is 1. The number of hydrogen-bond donors (Lipinski definition) is 0. The first-order valence-electron chi connectivity index (χ1n) is 9.46. The minimum Gasteiger partial charge on any atom is -0.542 e. The summed E-state index contributed by atoms with van der Waals surface area (Å²) in [6.07, 6.45) is -4.42. The third kappa shape index (κ3) is 13.2. The number of carboxylic acid groups (broad SMARTS) is 1. The Bertz CT molecular complexity index is 855. The lowest BCUT2D eigenvalue weighted by Gasteiger charge is -2.29. The highest BCUT2D eigenvalue weighted by Crippen LogP contribution is 2.47. The van der Waals surface area contributed by atoms with Gasteiger partial charge in [-0.15, -0.1) is 0 Å². The topological polar surface area (TPSA) is 154 Å². The Balaban J connectivity index is 0.00000135. The molecule has 1 rings (SSSR count). The second kappa shape index (κ2) is 14.0. The third-order valence-corrected chi connectivity index (χ3v) is 5.44. The molecule has 0 amide bonds. The van der Waals surface area contributed by atoms with Gasteiger partial charge in [0.05, 0.1) is 32.0 Å². The first-order valence-corrected chi connectivity index (χ1v) is 10.9. The molecule has 0 radical (unpaired) electrons. The number of carboxylic acids is 1. The van der Waals surface area contributed by atoms with Crippen LogP contribution in [0.4, 0.5) is 18.9 Å². The fourth-order valence-corrected chi connectivity index (χ4v) is 2.83. The summed E-state index contributed by atoms with van der Waals surface area (Å²) in [6.45, 7) is 1.40. The van der Waals surface area contributed by atoms with E-state index in [1.807, 2.05) is 14.1 Å². The van der Waals surface area contributed by atoms with E-state index in [0.29, 0.717) is 24.0 Å². The van der Waals surface area contributed by atoms with Gasteiger partial charge in [0.15, 0.2) is 0 Å². The van der Waals surface area contributed by atoms with Gasteiger partial charge >= 0.3 is 20.0 Å². The Labute approximate surface area is 193 Å². The van der Waals surface area contributed by atoms with Gasteiger partial charge in [-0.25, -0.2) is 4.57 Å². The van der Waals surface area contributed by atoms with E-state index in [1.165, 1.54) is 38.5 Å². The molecule has 0 aliphatic rings. The number of likely N-dealkylation sites (N-methyl/N-ethyl adjacent to an activating group) is 1. The zero-order chi connectivity index (χ0) is 26.6. The summed E-state index contributed by atoms with van der Waals surface area (Å²) in [5, 5.41) is 19.4. The molecule has 1 aromatic rings. The number of non-ortho nitro benzene ring substituents is 1. The molecule has 34 heavy (non-hydrogen) atoms. The van der Waals surface area contributed by atoms with Gasteiger partial charge in [-0.2, -0.15) is 13.2 Å². The standard InChI is InChI=1S/C16H26N2O8P.C2HF3O2/c1-18(2,12-13-25-27(22,23-3)24-4)11-5-6-16(19)26-15-9-7-14(8-10-15)17(20)21;3-2(4,5)1(6)7/h7-10H,5-6,11-13H2,1-4H3;(H,6,7)/q+1;/p-1. The quantitative estimate of drug-likeness (QED) is 0.100. The number of nitro benzene ring substituents is 1. The molecule has 0 aliphatic heterocycles. The van der Waals surface area contributed by atoms with Crippen LogP contribution in [0.15, 0.2) is 24.3 Å². The number of hydrogen-bond acceptors (Lipinski definition) is 10. The summed E-state index contributed by atoms with van der Waals surface area (Å²) >= 11 is 0. The number of alkyl halides is 3. The number of esters is 1. The van der Waals surface area contributed by atoms with Crippen LogP contribution in [0.25, 0.3) is 0 Å². The number of carbonyl (C=O) groups is 2. The van der Waals surface area contributed by atoms with E-state index in [2.05, 4.69) is 0 Å². The van der Waals surface area contributed by atoms with Crippen molar-refractivity contribution in [2.45, 2.75) is 19.0 Å². The van der Waals surface area contributed by atoms with Crippen molar-refractivity contribution in [1.29, 1.82) is 0 Å². The van der Waals surface area contributed by atoms with Crippen LogP contribution in [0.2, 0.25) is 0 Å². The van der Waals surface area contributed by atoms with Gasteiger partial charge in [-0.05, 0) is 12.1 Å². The Morgan fingerprint density at radius 1 is 1.09 bits per heavy atom. The van der Waals surface area contributed by atoms with E-state index in [-0.39, 0.29) is 24.5 Å². The van der Waals surface area contributed by atoms with Gasteiger partial charge in [0.2, 0.25) is 0 Å². The van der Waals surface area contributed by atoms with Crippen LogP contribution in [0, 0.1) is 10.1 Å². The molecule has 0 unspecified atom stereocenters. The molecule has 0 saturated heterocycles. The number of quaternary nitrogens is 1. The van der Waals surface area contributed by atoms with Crippen LogP contribution >= 0.6 is 7.82 Å². The van der Waals surface area contributed by atoms with Crippen molar-refractivity contribution in [2.75, 3.05) is 48.0 Å². The highest BCUT2D eigenvalue weighted by molar-refractivity contribution is 7.48. The number of aliphatic carboxylic acids is 1. The number of halogens is 3. The lowest BCUT2D eigenvalue weighted by atomic mass is 10.2. The van der Waals surface area contributed by atoms with E-state index < -0.39 is 30.9 Å². The van der Waals surface area contributed by atoms with Crippen molar-refractivity contribution in [2.24, 2.45) is 0 Å². The number of nitro groups is 1. The molecular weight excluding hydrogens is 492 g/mol. The number of rotatable bonds is 12. The lowest BCUT2D eigenvalue weighted by Crippen LogP contribution is -2.43. The fourth-order valence-electron chi connectivity index (χ4n) is 2.16. The van der Waals surface area contributed by atoms with Crippen LogP contribution < -0.4 is 9.84 Å². The minimum absolute atomic E-state index is 0.0671. The van der Waals surface area contributed by atoms with E-state index in [9.17, 15) is 32.6 Å². The number of carbonyl (C=O) groups excluding carboxylic acids is 2. The molecule has 1 aromatic carbocycles. The summed E-state index contributed by atoms with van der Waals surface area (Å²) in [6, 6.07) is 5.33. The zero-order valence-electron chi connectivity index (χ0n) is 18.9. The van der Waals surface area contributed by atoms with Gasteiger partial charge in [0.25, 0.3) is 5.69 Å². The second-order valence-corrected chi connectivity index (χ2v) is 9.03. The molecule has 0 bridgehead atoms. The van der Waals surface area contributed by atoms with Crippen LogP contribution in [0.5, 0.6) is 5.75 Å². The van der Waals surface area contributed by atoms with Gasteiger partial charge in [0.1, 0.15) is 24.9 Å². The Morgan fingerprint density at radius 3 is 2.00 bits per heavy atom. The molecule has 0 heterocycles. The third-order valence-electron chi connectivity index (χ3n) is 4.05. The SMILES string of the molecule is COP(=O)(OC)OCC[N+](C)(C)CCCC(=O)Oc1ccc([N+](=O)[O-])cc1.O=C([O-])C(F)(F)F. The van der Waals surface area contributed by atoms with Crippen LogP contribution in [0.3, 0.4) is 0 Å². The number of nitrogens with zero attached hydrogens (tertiary/aromatic N) is 2. The lowest BCUT2D eigenvalue weighted by molar-refractivity contribution is -0.890. The van der Waals surface area contributed by atoms with E-state index in [1.54, 1.807) is 0 Å². The Kier molecular flexibility index (Phi) is 12.9. The summed E-state index contributed by atoms with van der Waals surface area (Å²) in [5.41, 5.74) is -0.0671. The van der Waals surface area contributed by atoms with Crippen molar-refractivity contribution in [3.63, 3.8) is 0 Å². The molecule has 16 heteroatoms. The molecule has 12 nitrogen and oxygen atoms in total. The Morgan fingerprint density at radius 2 is 1.59 bits per heavy atom. The molecule has 0 fully saturated rings. The first-order chi connectivity index (χ1) is 15.5. The van der Waals surface area contributed by atoms with Gasteiger partial charge in [-0.1, -0.05) is 0 Å². The largest absolute Gasteiger partial charge is 0.542 e. The van der Waals surface area contributed by atoms with E-state index in [4.69, 9.17) is 28.2 Å². The van der Waals surface area contributed by atoms with Crippen molar-refractivity contribution in [3.05, 3.63) is 34.4 Å². The van der Waals surface area contributed by atoms with Crippen LogP contribution in [-0.2, 0) is 27.7 Å².